The Bertz CT molecular complexity index is 1360. The number of ether oxygens (including phenoxy) is 1. The number of nitrogens with zero attached hydrogens (tertiary/aromatic N) is 4. The number of aromatic nitrogens is 4. The Morgan fingerprint density at radius 1 is 1.09 bits per heavy atom. The molecule has 4 rings (SSSR count). The van der Waals surface area contributed by atoms with Crippen LogP contribution in [0.5, 0.6) is 5.75 Å². The van der Waals surface area contributed by atoms with E-state index in [4.69, 9.17) is 4.74 Å². The van der Waals surface area contributed by atoms with Gasteiger partial charge in [-0.05, 0) is 47.5 Å². The second-order valence-electron chi connectivity index (χ2n) is 7.09. The van der Waals surface area contributed by atoms with Crippen LogP contribution in [0.15, 0.2) is 84.7 Å². The predicted octanol–water partition coefficient (Wildman–Crippen LogP) is 3.85. The van der Waals surface area contributed by atoms with Crippen molar-refractivity contribution in [3.05, 3.63) is 107 Å². The van der Waals surface area contributed by atoms with Gasteiger partial charge in [0.15, 0.2) is 0 Å². The second-order valence-corrected chi connectivity index (χ2v) is 8.66. The van der Waals surface area contributed by atoms with Gasteiger partial charge in [0.1, 0.15) is 23.9 Å². The molecule has 0 unspecified atom stereocenters. The Morgan fingerprint density at radius 2 is 1.97 bits per heavy atom. The number of hydrogen-bond acceptors (Lipinski definition) is 6. The second kappa shape index (κ2) is 10.0. The first kappa shape index (κ1) is 22.2. The summed E-state index contributed by atoms with van der Waals surface area (Å²) in [5.41, 5.74) is 2.40. The highest BCUT2D eigenvalue weighted by Crippen LogP contribution is 2.20. The molecule has 1 N–H and O–H groups in total. The number of halogens is 1. The smallest absolute Gasteiger partial charge is 0.255 e. The van der Waals surface area contributed by atoms with Crippen LogP contribution in [0.3, 0.4) is 0 Å². The quantitative estimate of drug-likeness (QED) is 0.403. The average Bonchev–Trinajstić information content (AvgIpc) is 3.24. The summed E-state index contributed by atoms with van der Waals surface area (Å²) in [5, 5.41) is 9.15. The standard InChI is InChI=1S/C23H20FN5O3S/c24-20-6-1-4-18(12-20)9-11-33(30,31)27-21-7-2-8-23(13-21)32-17-22-16-29(28-26-22)15-19-5-3-10-25-14-19/h1-14,16,27H,15,17H2/b11-9+. The van der Waals surface area contributed by atoms with Gasteiger partial charge in [-0.25, -0.2) is 17.5 Å². The third-order valence-corrected chi connectivity index (χ3v) is 5.44. The van der Waals surface area contributed by atoms with E-state index in [1.807, 2.05) is 12.1 Å². The normalized spacial score (nSPS) is 11.5. The van der Waals surface area contributed by atoms with Crippen LogP contribution in [0.25, 0.3) is 6.08 Å². The van der Waals surface area contributed by atoms with Crippen LogP contribution in [0.4, 0.5) is 10.1 Å². The van der Waals surface area contributed by atoms with Crippen molar-refractivity contribution < 1.29 is 17.5 Å². The molecule has 168 valence electrons. The van der Waals surface area contributed by atoms with Crippen molar-refractivity contribution in [1.29, 1.82) is 0 Å². The van der Waals surface area contributed by atoms with E-state index in [0.717, 1.165) is 11.0 Å². The molecule has 4 aromatic rings. The van der Waals surface area contributed by atoms with Crippen LogP contribution in [0.1, 0.15) is 16.8 Å². The number of anilines is 1. The van der Waals surface area contributed by atoms with Gasteiger partial charge >= 0.3 is 0 Å². The molecule has 8 nitrogen and oxygen atoms in total. The average molecular weight is 466 g/mol. The van der Waals surface area contributed by atoms with E-state index in [1.165, 1.54) is 24.3 Å². The van der Waals surface area contributed by atoms with E-state index >= 15 is 0 Å². The van der Waals surface area contributed by atoms with Gasteiger partial charge in [-0.15, -0.1) is 5.10 Å². The summed E-state index contributed by atoms with van der Waals surface area (Å²) < 4.78 is 47.8. The van der Waals surface area contributed by atoms with Gasteiger partial charge in [-0.3, -0.25) is 9.71 Å². The van der Waals surface area contributed by atoms with Gasteiger partial charge in [-0.1, -0.05) is 29.5 Å². The molecule has 0 saturated carbocycles. The molecule has 10 heteroatoms. The Balaban J connectivity index is 1.35. The highest BCUT2D eigenvalue weighted by Gasteiger charge is 2.08. The number of sulfonamides is 1. The van der Waals surface area contributed by atoms with Crippen molar-refractivity contribution in [3.8, 4) is 5.75 Å². The van der Waals surface area contributed by atoms with Crippen LogP contribution >= 0.6 is 0 Å². The molecule has 0 radical (unpaired) electrons. The maximum absolute atomic E-state index is 13.2. The van der Waals surface area contributed by atoms with Gasteiger partial charge in [0.2, 0.25) is 0 Å². The highest BCUT2D eigenvalue weighted by molar-refractivity contribution is 7.95. The zero-order chi connectivity index (χ0) is 23.1. The molecular weight excluding hydrogens is 445 g/mol. The molecule has 0 spiro atoms. The molecule has 0 aliphatic rings. The van der Waals surface area contributed by atoms with Crippen molar-refractivity contribution in [2.45, 2.75) is 13.2 Å². The summed E-state index contributed by atoms with van der Waals surface area (Å²) in [6.07, 6.45) is 6.56. The maximum atomic E-state index is 13.2. The van der Waals surface area contributed by atoms with E-state index in [9.17, 15) is 12.8 Å². The van der Waals surface area contributed by atoms with Crippen molar-refractivity contribution >= 4 is 21.8 Å². The van der Waals surface area contributed by atoms with Crippen LogP contribution in [-0.2, 0) is 23.2 Å². The molecule has 0 amide bonds. The van der Waals surface area contributed by atoms with Gasteiger partial charge in [0.25, 0.3) is 10.0 Å². The van der Waals surface area contributed by atoms with Crippen LogP contribution in [0.2, 0.25) is 0 Å². The molecule has 0 fully saturated rings. The summed E-state index contributed by atoms with van der Waals surface area (Å²) in [4.78, 5) is 4.07. The Labute approximate surface area is 190 Å². The molecule has 0 atom stereocenters. The van der Waals surface area contributed by atoms with Crippen molar-refractivity contribution in [3.63, 3.8) is 0 Å². The van der Waals surface area contributed by atoms with Gasteiger partial charge in [-0.2, -0.15) is 0 Å². The molecular formula is C23H20FN5O3S. The van der Waals surface area contributed by atoms with E-state index in [1.54, 1.807) is 53.6 Å². The molecule has 0 saturated heterocycles. The fourth-order valence-corrected chi connectivity index (χ4v) is 3.80. The minimum atomic E-state index is -3.80. The summed E-state index contributed by atoms with van der Waals surface area (Å²) in [6, 6.07) is 16.0. The number of benzene rings is 2. The van der Waals surface area contributed by atoms with E-state index in [0.29, 0.717) is 29.2 Å². The monoisotopic (exact) mass is 465 g/mol. The molecule has 0 aliphatic heterocycles. The third kappa shape index (κ3) is 6.71. The van der Waals surface area contributed by atoms with Gasteiger partial charge in [0.05, 0.1) is 23.8 Å². The fourth-order valence-electron chi connectivity index (χ4n) is 2.94. The molecule has 0 bridgehead atoms. The van der Waals surface area contributed by atoms with Gasteiger partial charge in [0, 0.05) is 18.5 Å². The Morgan fingerprint density at radius 3 is 2.79 bits per heavy atom. The lowest BCUT2D eigenvalue weighted by Gasteiger charge is -2.08. The van der Waals surface area contributed by atoms with E-state index in [-0.39, 0.29) is 6.61 Å². The van der Waals surface area contributed by atoms with Crippen LogP contribution in [0, 0.1) is 5.82 Å². The topological polar surface area (TPSA) is 99.0 Å². The fraction of sp³-hybridized carbons (Fsp3) is 0.0870. The molecule has 2 aromatic heterocycles. The zero-order valence-electron chi connectivity index (χ0n) is 17.4. The number of nitrogens with one attached hydrogen (secondary N) is 1. The SMILES string of the molecule is O=S(=O)(/C=C/c1cccc(F)c1)Nc1cccc(OCc2cn(Cc3cccnc3)nn2)c1. The summed E-state index contributed by atoms with van der Waals surface area (Å²) in [5.74, 6) is 0.0237. The lowest BCUT2D eigenvalue weighted by atomic mass is 10.2. The minimum absolute atomic E-state index is 0.169. The first-order valence-electron chi connectivity index (χ1n) is 9.92. The summed E-state index contributed by atoms with van der Waals surface area (Å²) in [6.45, 7) is 0.712. The molecule has 0 aliphatic carbocycles. The van der Waals surface area contributed by atoms with Crippen molar-refractivity contribution in [2.24, 2.45) is 0 Å². The Hall–Kier alpha value is -4.05. The van der Waals surface area contributed by atoms with E-state index < -0.39 is 15.8 Å². The number of rotatable bonds is 9. The summed E-state index contributed by atoms with van der Waals surface area (Å²) >= 11 is 0. The highest BCUT2D eigenvalue weighted by atomic mass is 32.2. The number of pyridine rings is 1. The lowest BCUT2D eigenvalue weighted by molar-refractivity contribution is 0.301. The largest absolute Gasteiger partial charge is 0.487 e. The first-order valence-corrected chi connectivity index (χ1v) is 11.5. The lowest BCUT2D eigenvalue weighted by Crippen LogP contribution is -2.09. The van der Waals surface area contributed by atoms with Crippen LogP contribution in [-0.4, -0.2) is 28.4 Å². The van der Waals surface area contributed by atoms with Crippen molar-refractivity contribution in [2.75, 3.05) is 4.72 Å². The summed E-state index contributed by atoms with van der Waals surface area (Å²) in [7, 11) is -3.80. The molecule has 2 aromatic carbocycles. The predicted molar refractivity (Wildman–Crippen MR) is 122 cm³/mol. The van der Waals surface area contributed by atoms with Gasteiger partial charge < -0.3 is 4.74 Å². The van der Waals surface area contributed by atoms with Crippen molar-refractivity contribution in [1.82, 2.24) is 20.0 Å². The minimum Gasteiger partial charge on any atom is -0.487 e. The molecule has 2 heterocycles. The number of hydrogen-bond donors (Lipinski definition) is 1. The van der Waals surface area contributed by atoms with Crippen LogP contribution < -0.4 is 9.46 Å². The van der Waals surface area contributed by atoms with E-state index in [2.05, 4.69) is 20.0 Å². The third-order valence-electron chi connectivity index (χ3n) is 4.42. The molecule has 33 heavy (non-hydrogen) atoms. The maximum Gasteiger partial charge on any atom is 0.255 e. The zero-order valence-corrected chi connectivity index (χ0v) is 18.2. The Kier molecular flexibility index (Phi) is 6.75. The first-order chi connectivity index (χ1) is 15.9.